The van der Waals surface area contributed by atoms with Crippen LogP contribution in [0.1, 0.15) is 30.6 Å². The van der Waals surface area contributed by atoms with Crippen LogP contribution in [0.2, 0.25) is 0 Å². The van der Waals surface area contributed by atoms with E-state index in [9.17, 15) is 4.79 Å². The molecule has 0 fully saturated rings. The fourth-order valence-electron chi connectivity index (χ4n) is 1.31. The predicted octanol–water partition coefficient (Wildman–Crippen LogP) is 1.75. The number of nitrogen functional groups attached to an aromatic ring is 1. The molecule has 1 unspecified atom stereocenters. The van der Waals surface area contributed by atoms with E-state index in [0.717, 1.165) is 6.42 Å². The normalized spacial score (nSPS) is 11.9. The lowest BCUT2D eigenvalue weighted by Crippen LogP contribution is -2.29. The van der Waals surface area contributed by atoms with Gasteiger partial charge in [-0.25, -0.2) is 0 Å². The first-order valence-corrected chi connectivity index (χ1v) is 5.52. The molecule has 4 heteroatoms. The molecule has 1 rings (SSSR count). The van der Waals surface area contributed by atoms with Crippen molar-refractivity contribution in [3.63, 3.8) is 0 Å². The van der Waals surface area contributed by atoms with Gasteiger partial charge in [-0.3, -0.25) is 10.6 Å². The van der Waals surface area contributed by atoms with Crippen LogP contribution in [-0.4, -0.2) is 12.5 Å². The van der Waals surface area contributed by atoms with Crippen LogP contribution in [-0.2, 0) is 0 Å². The molecule has 0 radical (unpaired) electrons. The molecule has 1 aromatic rings. The second kappa shape index (κ2) is 6.12. The smallest absolute Gasteiger partial charge is 0.253 e. The van der Waals surface area contributed by atoms with Gasteiger partial charge in [0.15, 0.2) is 0 Å². The van der Waals surface area contributed by atoms with Gasteiger partial charge in [0.1, 0.15) is 0 Å². The molecule has 4 N–H and O–H groups in total. The largest absolute Gasteiger partial charge is 0.352 e. The van der Waals surface area contributed by atoms with Gasteiger partial charge >= 0.3 is 0 Å². The van der Waals surface area contributed by atoms with Crippen LogP contribution >= 0.6 is 0 Å². The molecule has 0 heterocycles. The van der Waals surface area contributed by atoms with E-state index in [1.807, 2.05) is 12.1 Å². The number of hydrogen-bond donors (Lipinski definition) is 3. The summed E-state index contributed by atoms with van der Waals surface area (Å²) < 4.78 is 0. The minimum Gasteiger partial charge on any atom is -0.352 e. The van der Waals surface area contributed by atoms with E-state index in [2.05, 4.69) is 24.6 Å². The number of anilines is 1. The van der Waals surface area contributed by atoms with E-state index in [1.54, 1.807) is 12.1 Å². The number of carbonyl (C=O) groups is 1. The van der Waals surface area contributed by atoms with Gasteiger partial charge in [-0.15, -0.1) is 0 Å². The van der Waals surface area contributed by atoms with Crippen LogP contribution in [0.3, 0.4) is 0 Å². The molecule has 1 atom stereocenters. The highest BCUT2D eigenvalue weighted by Gasteiger charge is 2.10. The summed E-state index contributed by atoms with van der Waals surface area (Å²) in [4.78, 5) is 11.8. The number of carbonyl (C=O) groups excluding carboxylic acids is 1. The van der Waals surface area contributed by atoms with Crippen LogP contribution < -0.4 is 16.6 Å². The van der Waals surface area contributed by atoms with Crippen molar-refractivity contribution in [3.05, 3.63) is 29.8 Å². The third kappa shape index (κ3) is 3.24. The molecular formula is C12H19N3O. The Bertz CT molecular complexity index is 352. The number of nitrogens with one attached hydrogen (secondary N) is 2. The molecule has 0 aromatic heterocycles. The first-order valence-electron chi connectivity index (χ1n) is 5.52. The quantitative estimate of drug-likeness (QED) is 0.524. The minimum absolute atomic E-state index is 0.0890. The number of nitrogens with two attached hydrogens (primary N) is 1. The first kappa shape index (κ1) is 12.5. The first-order chi connectivity index (χ1) is 7.69. The highest BCUT2D eigenvalue weighted by molar-refractivity contribution is 5.99. The number of rotatable bonds is 5. The maximum Gasteiger partial charge on any atom is 0.253 e. The Hall–Kier alpha value is -1.55. The molecule has 0 saturated heterocycles. The molecule has 1 aromatic carbocycles. The lowest BCUT2D eigenvalue weighted by molar-refractivity contribution is 0.0948. The van der Waals surface area contributed by atoms with Crippen LogP contribution in [0.4, 0.5) is 5.69 Å². The zero-order valence-corrected chi connectivity index (χ0v) is 9.79. The summed E-state index contributed by atoms with van der Waals surface area (Å²) in [5.41, 5.74) is 3.74. The predicted molar refractivity (Wildman–Crippen MR) is 66.0 cm³/mol. The summed E-state index contributed by atoms with van der Waals surface area (Å²) in [6, 6.07) is 7.18. The number of amides is 1. The lowest BCUT2D eigenvalue weighted by Gasteiger charge is -2.12. The average Bonchev–Trinajstić information content (AvgIpc) is 2.35. The molecule has 0 aliphatic rings. The van der Waals surface area contributed by atoms with E-state index < -0.39 is 0 Å². The second-order valence-electron chi connectivity index (χ2n) is 3.91. The van der Waals surface area contributed by atoms with Gasteiger partial charge in [0.2, 0.25) is 0 Å². The maximum absolute atomic E-state index is 11.8. The summed E-state index contributed by atoms with van der Waals surface area (Å²) in [6.07, 6.45) is 1.05. The van der Waals surface area contributed by atoms with Crippen molar-refractivity contribution in [2.24, 2.45) is 11.8 Å². The zero-order chi connectivity index (χ0) is 12.0. The highest BCUT2D eigenvalue weighted by atomic mass is 16.1. The highest BCUT2D eigenvalue weighted by Crippen LogP contribution is 2.13. The van der Waals surface area contributed by atoms with Crippen molar-refractivity contribution < 1.29 is 4.79 Å². The summed E-state index contributed by atoms with van der Waals surface area (Å²) in [5.74, 6) is 5.74. The molecule has 0 aliphatic heterocycles. The molecule has 0 bridgehead atoms. The van der Waals surface area contributed by atoms with E-state index >= 15 is 0 Å². The van der Waals surface area contributed by atoms with Crippen LogP contribution in [0.5, 0.6) is 0 Å². The van der Waals surface area contributed by atoms with E-state index in [4.69, 9.17) is 5.84 Å². The standard InChI is InChI=1S/C12H19N3O/c1-3-9(2)8-14-12(16)10-6-4-5-7-11(10)15-13/h4-7,9,15H,3,8,13H2,1-2H3,(H,14,16). The third-order valence-corrected chi connectivity index (χ3v) is 2.64. The Labute approximate surface area is 96.2 Å². The molecular weight excluding hydrogens is 202 g/mol. The monoisotopic (exact) mass is 221 g/mol. The molecule has 0 saturated carbocycles. The summed E-state index contributed by atoms with van der Waals surface area (Å²) in [7, 11) is 0. The minimum atomic E-state index is -0.0890. The van der Waals surface area contributed by atoms with Crippen LogP contribution in [0.15, 0.2) is 24.3 Å². The molecule has 88 valence electrons. The fourth-order valence-corrected chi connectivity index (χ4v) is 1.31. The number of hydrogen-bond acceptors (Lipinski definition) is 3. The Balaban J connectivity index is 2.65. The second-order valence-corrected chi connectivity index (χ2v) is 3.91. The molecule has 4 nitrogen and oxygen atoms in total. The zero-order valence-electron chi connectivity index (χ0n) is 9.79. The molecule has 16 heavy (non-hydrogen) atoms. The average molecular weight is 221 g/mol. The van der Waals surface area contributed by atoms with Gasteiger partial charge in [-0.1, -0.05) is 32.4 Å². The van der Waals surface area contributed by atoms with Gasteiger partial charge in [-0.2, -0.15) is 0 Å². The van der Waals surface area contributed by atoms with Gasteiger partial charge in [0, 0.05) is 6.54 Å². The fraction of sp³-hybridized carbons (Fsp3) is 0.417. The van der Waals surface area contributed by atoms with Crippen molar-refractivity contribution in [1.82, 2.24) is 5.32 Å². The summed E-state index contributed by atoms with van der Waals surface area (Å²) >= 11 is 0. The Kier molecular flexibility index (Phi) is 4.79. The van der Waals surface area contributed by atoms with Gasteiger partial charge in [-0.05, 0) is 18.1 Å². The number of hydrazine groups is 1. The molecule has 1 amide bonds. The van der Waals surface area contributed by atoms with Crippen molar-refractivity contribution >= 4 is 11.6 Å². The molecule has 0 spiro atoms. The summed E-state index contributed by atoms with van der Waals surface area (Å²) in [6.45, 7) is 4.90. The van der Waals surface area contributed by atoms with E-state index in [-0.39, 0.29) is 5.91 Å². The maximum atomic E-state index is 11.8. The van der Waals surface area contributed by atoms with Crippen molar-refractivity contribution in [2.45, 2.75) is 20.3 Å². The number of para-hydroxylation sites is 1. The SMILES string of the molecule is CCC(C)CNC(=O)c1ccccc1NN. The topological polar surface area (TPSA) is 67.2 Å². The van der Waals surface area contributed by atoms with Gasteiger partial charge in [0.25, 0.3) is 5.91 Å². The third-order valence-electron chi connectivity index (χ3n) is 2.64. The van der Waals surface area contributed by atoms with E-state index in [0.29, 0.717) is 23.7 Å². The van der Waals surface area contributed by atoms with Crippen molar-refractivity contribution in [3.8, 4) is 0 Å². The Morgan fingerprint density at radius 2 is 2.12 bits per heavy atom. The van der Waals surface area contributed by atoms with Crippen LogP contribution in [0, 0.1) is 5.92 Å². The van der Waals surface area contributed by atoms with Gasteiger partial charge in [0.05, 0.1) is 11.3 Å². The molecule has 0 aliphatic carbocycles. The van der Waals surface area contributed by atoms with E-state index in [1.165, 1.54) is 0 Å². The number of benzene rings is 1. The van der Waals surface area contributed by atoms with Gasteiger partial charge < -0.3 is 10.7 Å². The summed E-state index contributed by atoms with van der Waals surface area (Å²) in [5, 5.41) is 2.89. The van der Waals surface area contributed by atoms with Crippen molar-refractivity contribution in [2.75, 3.05) is 12.0 Å². The Morgan fingerprint density at radius 3 is 2.75 bits per heavy atom. The lowest BCUT2D eigenvalue weighted by atomic mass is 10.1. The Morgan fingerprint density at radius 1 is 1.44 bits per heavy atom. The van der Waals surface area contributed by atoms with Crippen molar-refractivity contribution in [1.29, 1.82) is 0 Å². The van der Waals surface area contributed by atoms with Crippen LogP contribution in [0.25, 0.3) is 0 Å².